The molecule has 0 saturated carbocycles. The number of benzene rings is 1. The van der Waals surface area contributed by atoms with Gasteiger partial charge in [0.2, 0.25) is 0 Å². The Bertz CT molecular complexity index is 807. The summed E-state index contributed by atoms with van der Waals surface area (Å²) in [6.07, 6.45) is 3.00. The lowest BCUT2D eigenvalue weighted by Crippen LogP contribution is -2.12. The number of thiophene rings is 1. The molecule has 1 amide bonds. The first-order chi connectivity index (χ1) is 10.5. The molecule has 22 heavy (non-hydrogen) atoms. The Morgan fingerprint density at radius 1 is 1.32 bits per heavy atom. The molecule has 5 nitrogen and oxygen atoms in total. The first-order valence-electron chi connectivity index (χ1n) is 6.57. The summed E-state index contributed by atoms with van der Waals surface area (Å²) in [5.74, 6) is -0.162. The third-order valence-corrected chi connectivity index (χ3v) is 4.65. The molecule has 0 radical (unpaired) electrons. The summed E-state index contributed by atoms with van der Waals surface area (Å²) < 4.78 is 1.58. The van der Waals surface area contributed by atoms with Crippen LogP contribution < -0.4 is 5.32 Å². The fourth-order valence-electron chi connectivity index (χ4n) is 2.01. The van der Waals surface area contributed by atoms with Crippen molar-refractivity contribution in [1.82, 2.24) is 14.8 Å². The molecule has 0 atom stereocenters. The molecule has 0 aliphatic rings. The number of hydrogen-bond acceptors (Lipinski definition) is 4. The Hall–Kier alpha value is -2.18. The van der Waals surface area contributed by atoms with E-state index >= 15 is 0 Å². The number of nitrogens with zero attached hydrogens (tertiary/aromatic N) is 3. The molecule has 1 aromatic carbocycles. The van der Waals surface area contributed by atoms with E-state index in [0.29, 0.717) is 21.3 Å². The zero-order valence-electron chi connectivity index (χ0n) is 12.0. The highest BCUT2D eigenvalue weighted by molar-refractivity contribution is 7.14. The Morgan fingerprint density at radius 3 is 2.77 bits per heavy atom. The average Bonchev–Trinajstić information content (AvgIpc) is 3.10. The van der Waals surface area contributed by atoms with Crippen LogP contribution in [0.5, 0.6) is 0 Å². The summed E-state index contributed by atoms with van der Waals surface area (Å²) in [6, 6.07) is 7.12. The van der Waals surface area contributed by atoms with Gasteiger partial charge in [-0.2, -0.15) is 5.10 Å². The van der Waals surface area contributed by atoms with E-state index in [0.717, 1.165) is 10.4 Å². The van der Waals surface area contributed by atoms with Gasteiger partial charge in [-0.05, 0) is 43.7 Å². The number of carbonyl (C=O) groups is 1. The molecule has 112 valence electrons. The summed E-state index contributed by atoms with van der Waals surface area (Å²) in [5.41, 5.74) is 2.41. The fraction of sp³-hybridized carbons (Fsp3) is 0.133. The zero-order valence-corrected chi connectivity index (χ0v) is 13.6. The van der Waals surface area contributed by atoms with Gasteiger partial charge in [-0.15, -0.1) is 11.3 Å². The minimum atomic E-state index is -0.162. The van der Waals surface area contributed by atoms with Crippen LogP contribution in [0.4, 0.5) is 5.69 Å². The molecule has 0 saturated heterocycles. The highest BCUT2D eigenvalue weighted by Crippen LogP contribution is 2.26. The van der Waals surface area contributed by atoms with Crippen molar-refractivity contribution in [3.05, 3.63) is 57.3 Å². The van der Waals surface area contributed by atoms with Crippen LogP contribution in [-0.4, -0.2) is 20.7 Å². The third-order valence-electron chi connectivity index (χ3n) is 3.26. The second kappa shape index (κ2) is 5.90. The van der Waals surface area contributed by atoms with E-state index in [1.54, 1.807) is 29.2 Å². The average molecular weight is 333 g/mol. The van der Waals surface area contributed by atoms with Gasteiger partial charge in [0.05, 0.1) is 16.3 Å². The van der Waals surface area contributed by atoms with Gasteiger partial charge in [0.25, 0.3) is 5.91 Å². The van der Waals surface area contributed by atoms with Crippen molar-refractivity contribution >= 4 is 34.5 Å². The van der Waals surface area contributed by atoms with Gasteiger partial charge in [-0.1, -0.05) is 11.6 Å². The van der Waals surface area contributed by atoms with Crippen LogP contribution in [0.1, 0.15) is 20.1 Å². The number of amides is 1. The summed E-state index contributed by atoms with van der Waals surface area (Å²) in [7, 11) is 0. The van der Waals surface area contributed by atoms with Crippen LogP contribution in [0.15, 0.2) is 36.9 Å². The monoisotopic (exact) mass is 332 g/mol. The summed E-state index contributed by atoms with van der Waals surface area (Å²) >= 11 is 7.51. The number of anilines is 1. The normalized spacial score (nSPS) is 10.7. The number of halogens is 1. The largest absolute Gasteiger partial charge is 0.319 e. The molecule has 0 aliphatic heterocycles. The van der Waals surface area contributed by atoms with Crippen LogP contribution in [0.25, 0.3) is 5.69 Å². The Labute approximate surface area is 136 Å². The maximum atomic E-state index is 12.4. The second-order valence-electron chi connectivity index (χ2n) is 4.81. The molecule has 2 aromatic heterocycles. The lowest BCUT2D eigenvalue weighted by atomic mass is 10.2. The summed E-state index contributed by atoms with van der Waals surface area (Å²) in [6.45, 7) is 3.99. The summed E-state index contributed by atoms with van der Waals surface area (Å²) in [4.78, 5) is 18.1. The van der Waals surface area contributed by atoms with Crippen molar-refractivity contribution in [2.45, 2.75) is 13.8 Å². The zero-order chi connectivity index (χ0) is 15.7. The molecular weight excluding hydrogens is 320 g/mol. The number of hydrogen-bond donors (Lipinski definition) is 1. The van der Waals surface area contributed by atoms with Crippen molar-refractivity contribution < 1.29 is 4.79 Å². The standard InChI is InChI=1S/C15H13ClN4OS/c1-9-5-14(22-10(9)2)15(21)19-12-6-11(16)3-4-13(12)20-8-17-7-18-20/h3-8H,1-2H3,(H,19,21). The molecule has 0 unspecified atom stereocenters. The van der Waals surface area contributed by atoms with Crippen molar-refractivity contribution in [2.75, 3.05) is 5.32 Å². The summed E-state index contributed by atoms with van der Waals surface area (Å²) in [5, 5.41) is 7.52. The van der Waals surface area contributed by atoms with Crippen molar-refractivity contribution in [3.8, 4) is 5.69 Å². The van der Waals surface area contributed by atoms with Gasteiger partial charge in [0.15, 0.2) is 0 Å². The van der Waals surface area contributed by atoms with Crippen LogP contribution >= 0.6 is 22.9 Å². The quantitative estimate of drug-likeness (QED) is 0.792. The number of aromatic nitrogens is 3. The van der Waals surface area contributed by atoms with E-state index < -0.39 is 0 Å². The van der Waals surface area contributed by atoms with Crippen LogP contribution in [-0.2, 0) is 0 Å². The lowest BCUT2D eigenvalue weighted by Gasteiger charge is -2.10. The van der Waals surface area contributed by atoms with Gasteiger partial charge < -0.3 is 5.32 Å². The molecule has 3 rings (SSSR count). The lowest BCUT2D eigenvalue weighted by molar-refractivity contribution is 0.103. The molecule has 0 bridgehead atoms. The van der Waals surface area contributed by atoms with Crippen molar-refractivity contribution in [1.29, 1.82) is 0 Å². The molecule has 2 heterocycles. The van der Waals surface area contributed by atoms with E-state index in [1.807, 2.05) is 19.9 Å². The number of nitrogens with one attached hydrogen (secondary N) is 1. The van der Waals surface area contributed by atoms with Gasteiger partial charge in [-0.25, -0.2) is 9.67 Å². The highest BCUT2D eigenvalue weighted by atomic mass is 35.5. The van der Waals surface area contributed by atoms with Gasteiger partial charge in [-0.3, -0.25) is 4.79 Å². The van der Waals surface area contributed by atoms with Crippen molar-refractivity contribution in [2.24, 2.45) is 0 Å². The van der Waals surface area contributed by atoms with E-state index in [9.17, 15) is 4.79 Å². The molecule has 0 fully saturated rings. The van der Waals surface area contributed by atoms with Gasteiger partial charge in [0, 0.05) is 9.90 Å². The van der Waals surface area contributed by atoms with E-state index in [1.165, 1.54) is 17.7 Å². The number of rotatable bonds is 3. The first kappa shape index (κ1) is 14.7. The van der Waals surface area contributed by atoms with Crippen molar-refractivity contribution in [3.63, 3.8) is 0 Å². The molecule has 1 N–H and O–H groups in total. The highest BCUT2D eigenvalue weighted by Gasteiger charge is 2.14. The first-order valence-corrected chi connectivity index (χ1v) is 7.77. The molecular formula is C15H13ClN4OS. The maximum Gasteiger partial charge on any atom is 0.265 e. The minimum absolute atomic E-state index is 0.162. The third kappa shape index (κ3) is 2.88. The maximum absolute atomic E-state index is 12.4. The predicted octanol–water partition coefficient (Wildman–Crippen LogP) is 3.85. The Kier molecular flexibility index (Phi) is 3.96. The molecule has 0 spiro atoms. The number of aryl methyl sites for hydroxylation is 2. The van der Waals surface area contributed by atoms with Gasteiger partial charge >= 0.3 is 0 Å². The predicted molar refractivity (Wildman–Crippen MR) is 88.1 cm³/mol. The van der Waals surface area contributed by atoms with E-state index in [-0.39, 0.29) is 5.91 Å². The van der Waals surface area contributed by atoms with Crippen LogP contribution in [0.2, 0.25) is 5.02 Å². The van der Waals surface area contributed by atoms with Gasteiger partial charge in [0.1, 0.15) is 12.7 Å². The number of carbonyl (C=O) groups excluding carboxylic acids is 1. The van der Waals surface area contributed by atoms with E-state index in [4.69, 9.17) is 11.6 Å². The molecule has 3 aromatic rings. The van der Waals surface area contributed by atoms with E-state index in [2.05, 4.69) is 15.4 Å². The minimum Gasteiger partial charge on any atom is -0.319 e. The smallest absolute Gasteiger partial charge is 0.265 e. The second-order valence-corrected chi connectivity index (χ2v) is 6.50. The fourth-order valence-corrected chi connectivity index (χ4v) is 3.11. The topological polar surface area (TPSA) is 59.8 Å². The van der Waals surface area contributed by atoms with Crippen LogP contribution in [0, 0.1) is 13.8 Å². The van der Waals surface area contributed by atoms with Crippen LogP contribution in [0.3, 0.4) is 0 Å². The molecule has 0 aliphatic carbocycles. The Balaban J connectivity index is 1.94. The SMILES string of the molecule is Cc1cc(C(=O)Nc2cc(Cl)ccc2-n2cncn2)sc1C. The molecule has 7 heteroatoms. The Morgan fingerprint density at radius 2 is 2.14 bits per heavy atom.